The predicted molar refractivity (Wildman–Crippen MR) is 59.5 cm³/mol. The smallest absolute Gasteiger partial charge is 0.251 e. The van der Waals surface area contributed by atoms with Gasteiger partial charge in [-0.1, -0.05) is 34.8 Å². The average molecular weight is 277 g/mol. The highest BCUT2D eigenvalue weighted by atomic mass is 35.6. The van der Waals surface area contributed by atoms with Gasteiger partial charge in [0.2, 0.25) is 5.13 Å². The Balaban J connectivity index is 2.51. The molecule has 0 aliphatic heterocycles. The lowest BCUT2D eigenvalue weighted by atomic mass is 10.7. The van der Waals surface area contributed by atoms with E-state index in [0.717, 1.165) is 11.5 Å². The summed E-state index contributed by atoms with van der Waals surface area (Å²) < 4.78 is 7.19. The molecule has 0 amide bonds. The monoisotopic (exact) mass is 275 g/mol. The van der Waals surface area contributed by atoms with E-state index in [4.69, 9.17) is 39.5 Å². The predicted octanol–water partition coefficient (Wildman–Crippen LogP) is 2.42. The SMILES string of the molecule is COCCNc1nc(C(Cl)(Cl)Cl)ns1. The molecular weight excluding hydrogens is 269 g/mol. The number of aromatic nitrogens is 2. The molecule has 0 saturated carbocycles. The van der Waals surface area contributed by atoms with Gasteiger partial charge in [0.15, 0.2) is 5.82 Å². The van der Waals surface area contributed by atoms with E-state index >= 15 is 0 Å². The Labute approximate surface area is 101 Å². The highest BCUT2D eigenvalue weighted by Crippen LogP contribution is 2.37. The van der Waals surface area contributed by atoms with Crippen molar-refractivity contribution in [1.82, 2.24) is 9.36 Å². The Morgan fingerprint density at radius 3 is 2.71 bits per heavy atom. The summed E-state index contributed by atoms with van der Waals surface area (Å²) in [6.45, 7) is 1.23. The second-order valence-electron chi connectivity index (χ2n) is 2.34. The minimum absolute atomic E-state index is 0.187. The molecule has 0 saturated heterocycles. The molecule has 1 aromatic heterocycles. The Hall–Kier alpha value is 0.190. The van der Waals surface area contributed by atoms with Crippen molar-refractivity contribution in [2.45, 2.75) is 3.79 Å². The van der Waals surface area contributed by atoms with E-state index in [1.54, 1.807) is 7.11 Å². The van der Waals surface area contributed by atoms with E-state index in [1.165, 1.54) is 0 Å². The molecule has 0 aromatic carbocycles. The molecular formula is C6H8Cl3N3OS. The molecule has 8 heteroatoms. The van der Waals surface area contributed by atoms with Crippen LogP contribution in [0.5, 0.6) is 0 Å². The van der Waals surface area contributed by atoms with E-state index in [0.29, 0.717) is 18.3 Å². The van der Waals surface area contributed by atoms with Gasteiger partial charge in [0.25, 0.3) is 3.79 Å². The van der Waals surface area contributed by atoms with Gasteiger partial charge in [0.1, 0.15) is 0 Å². The maximum Gasteiger partial charge on any atom is 0.251 e. The molecule has 14 heavy (non-hydrogen) atoms. The lowest BCUT2D eigenvalue weighted by molar-refractivity contribution is 0.211. The summed E-state index contributed by atoms with van der Waals surface area (Å²) in [4.78, 5) is 4.00. The fourth-order valence-corrected chi connectivity index (χ4v) is 1.72. The van der Waals surface area contributed by atoms with Crippen LogP contribution in [-0.2, 0) is 8.53 Å². The van der Waals surface area contributed by atoms with E-state index in [2.05, 4.69) is 14.7 Å². The maximum absolute atomic E-state index is 5.59. The van der Waals surface area contributed by atoms with Gasteiger partial charge in [-0.3, -0.25) is 0 Å². The summed E-state index contributed by atoms with van der Waals surface area (Å²) in [7, 11) is 1.62. The molecule has 0 aliphatic carbocycles. The Morgan fingerprint density at radius 1 is 1.50 bits per heavy atom. The number of halogens is 3. The normalized spacial score (nSPS) is 11.7. The largest absolute Gasteiger partial charge is 0.383 e. The lowest BCUT2D eigenvalue weighted by Crippen LogP contribution is -2.08. The van der Waals surface area contributed by atoms with Gasteiger partial charge >= 0.3 is 0 Å². The lowest BCUT2D eigenvalue weighted by Gasteiger charge is -2.03. The zero-order chi connectivity index (χ0) is 10.6. The van der Waals surface area contributed by atoms with Crippen molar-refractivity contribution < 1.29 is 4.74 Å². The molecule has 1 aromatic rings. The van der Waals surface area contributed by atoms with Gasteiger partial charge in [0, 0.05) is 25.2 Å². The Morgan fingerprint density at radius 2 is 2.21 bits per heavy atom. The van der Waals surface area contributed by atoms with Crippen LogP contribution in [-0.4, -0.2) is 29.6 Å². The Bertz CT molecular complexity index is 288. The van der Waals surface area contributed by atoms with Crippen molar-refractivity contribution in [3.8, 4) is 0 Å². The quantitative estimate of drug-likeness (QED) is 0.678. The first-order valence-corrected chi connectivity index (χ1v) is 5.58. The average Bonchev–Trinajstić information content (AvgIpc) is 2.52. The van der Waals surface area contributed by atoms with E-state index in [1.807, 2.05) is 0 Å². The molecule has 0 atom stereocenters. The number of alkyl halides is 3. The molecule has 0 radical (unpaired) electrons. The molecule has 4 nitrogen and oxygen atoms in total. The molecule has 0 unspecified atom stereocenters. The van der Waals surface area contributed by atoms with Crippen LogP contribution in [0, 0.1) is 0 Å². The van der Waals surface area contributed by atoms with E-state index in [-0.39, 0.29) is 5.82 Å². The first kappa shape index (κ1) is 12.3. The molecule has 80 valence electrons. The van der Waals surface area contributed by atoms with Crippen molar-refractivity contribution in [3.05, 3.63) is 5.82 Å². The van der Waals surface area contributed by atoms with Crippen LogP contribution in [0.4, 0.5) is 5.13 Å². The van der Waals surface area contributed by atoms with E-state index < -0.39 is 3.79 Å². The number of nitrogens with zero attached hydrogens (tertiary/aromatic N) is 2. The van der Waals surface area contributed by atoms with Crippen LogP contribution in [0.25, 0.3) is 0 Å². The third kappa shape index (κ3) is 3.74. The van der Waals surface area contributed by atoms with Crippen molar-refractivity contribution in [2.75, 3.05) is 25.6 Å². The van der Waals surface area contributed by atoms with Crippen molar-refractivity contribution in [3.63, 3.8) is 0 Å². The standard InChI is InChI=1S/C6H8Cl3N3OS/c1-13-3-2-10-5-11-4(12-14-5)6(7,8)9/h2-3H2,1H3,(H,10,11,12). The minimum atomic E-state index is -1.56. The number of ether oxygens (including phenoxy) is 1. The fraction of sp³-hybridized carbons (Fsp3) is 0.667. The van der Waals surface area contributed by atoms with Gasteiger partial charge in [0.05, 0.1) is 6.61 Å². The summed E-state index contributed by atoms with van der Waals surface area (Å²) in [5, 5.41) is 3.60. The molecule has 0 bridgehead atoms. The van der Waals surface area contributed by atoms with Crippen LogP contribution in [0.2, 0.25) is 0 Å². The Kier molecular flexibility index (Phi) is 4.66. The topological polar surface area (TPSA) is 47.0 Å². The van der Waals surface area contributed by atoms with Crippen LogP contribution < -0.4 is 5.32 Å². The second kappa shape index (κ2) is 5.32. The number of rotatable bonds is 4. The summed E-state index contributed by atoms with van der Waals surface area (Å²) >= 11 is 17.9. The van der Waals surface area contributed by atoms with Gasteiger partial charge < -0.3 is 10.1 Å². The number of nitrogens with one attached hydrogen (secondary N) is 1. The van der Waals surface area contributed by atoms with Crippen LogP contribution in [0.1, 0.15) is 5.82 Å². The number of methoxy groups -OCH3 is 1. The number of hydrogen-bond acceptors (Lipinski definition) is 5. The van der Waals surface area contributed by atoms with Crippen molar-refractivity contribution >= 4 is 51.5 Å². The molecule has 1 N–H and O–H groups in total. The van der Waals surface area contributed by atoms with Crippen LogP contribution in [0.15, 0.2) is 0 Å². The van der Waals surface area contributed by atoms with Crippen LogP contribution >= 0.6 is 46.3 Å². The van der Waals surface area contributed by atoms with E-state index in [9.17, 15) is 0 Å². The first-order valence-electron chi connectivity index (χ1n) is 3.67. The van der Waals surface area contributed by atoms with Gasteiger partial charge in [-0.05, 0) is 0 Å². The third-order valence-corrected chi connectivity index (χ3v) is 2.44. The zero-order valence-electron chi connectivity index (χ0n) is 7.26. The molecule has 0 fully saturated rings. The molecule has 1 heterocycles. The van der Waals surface area contributed by atoms with Gasteiger partial charge in [-0.25, -0.2) is 0 Å². The molecule has 1 rings (SSSR count). The summed E-state index contributed by atoms with van der Waals surface area (Å²) in [5.74, 6) is 0.187. The summed E-state index contributed by atoms with van der Waals surface area (Å²) in [6, 6.07) is 0. The first-order chi connectivity index (χ1) is 6.54. The number of anilines is 1. The minimum Gasteiger partial charge on any atom is -0.383 e. The van der Waals surface area contributed by atoms with Crippen molar-refractivity contribution in [2.24, 2.45) is 0 Å². The van der Waals surface area contributed by atoms with Crippen molar-refractivity contribution in [1.29, 1.82) is 0 Å². The van der Waals surface area contributed by atoms with Crippen LogP contribution in [0.3, 0.4) is 0 Å². The summed E-state index contributed by atoms with van der Waals surface area (Å²) in [6.07, 6.45) is 0. The number of hydrogen-bond donors (Lipinski definition) is 1. The zero-order valence-corrected chi connectivity index (χ0v) is 10.3. The second-order valence-corrected chi connectivity index (χ2v) is 5.37. The van der Waals surface area contributed by atoms with Gasteiger partial charge in [-0.2, -0.15) is 9.36 Å². The summed E-state index contributed by atoms with van der Waals surface area (Å²) in [5.41, 5.74) is 0. The maximum atomic E-state index is 5.59. The highest BCUT2D eigenvalue weighted by molar-refractivity contribution is 7.09. The third-order valence-electron chi connectivity index (χ3n) is 1.26. The highest BCUT2D eigenvalue weighted by Gasteiger charge is 2.28. The fourth-order valence-electron chi connectivity index (χ4n) is 0.670. The molecule has 0 spiro atoms. The van der Waals surface area contributed by atoms with Gasteiger partial charge in [-0.15, -0.1) is 0 Å². The molecule has 0 aliphatic rings.